The number of nitrogens with zero attached hydrogens (tertiary/aromatic N) is 2. The number of aromatic nitrogens is 2. The molecule has 0 radical (unpaired) electrons. The van der Waals surface area contributed by atoms with Crippen molar-refractivity contribution in [3.63, 3.8) is 0 Å². The van der Waals surface area contributed by atoms with Crippen LogP contribution in [0.15, 0.2) is 53.1 Å². The van der Waals surface area contributed by atoms with E-state index in [0.29, 0.717) is 22.3 Å². The summed E-state index contributed by atoms with van der Waals surface area (Å²) >= 11 is 5.92. The van der Waals surface area contributed by atoms with Crippen molar-refractivity contribution < 1.29 is 9.63 Å². The Morgan fingerprint density at radius 3 is 2.58 bits per heavy atom. The minimum Gasteiger partial charge on any atom is -0.508 e. The second-order valence-electron chi connectivity index (χ2n) is 3.98. The highest BCUT2D eigenvalue weighted by molar-refractivity contribution is 6.30. The minimum absolute atomic E-state index is 0.159. The Kier molecular flexibility index (Phi) is 2.93. The summed E-state index contributed by atoms with van der Waals surface area (Å²) in [6.07, 6.45) is 0. The van der Waals surface area contributed by atoms with Gasteiger partial charge in [-0.2, -0.15) is 4.98 Å². The van der Waals surface area contributed by atoms with Crippen LogP contribution in [-0.4, -0.2) is 15.2 Å². The summed E-state index contributed by atoms with van der Waals surface area (Å²) in [6, 6.07) is 13.9. The second kappa shape index (κ2) is 4.74. The molecule has 0 bridgehead atoms. The molecule has 1 heterocycles. The van der Waals surface area contributed by atoms with Gasteiger partial charge in [-0.1, -0.05) is 35.0 Å². The first-order chi connectivity index (χ1) is 9.22. The van der Waals surface area contributed by atoms with E-state index in [0.717, 1.165) is 5.56 Å². The lowest BCUT2D eigenvalue weighted by Gasteiger charge is -1.95. The number of hydrogen-bond donors (Lipinski definition) is 1. The third-order valence-corrected chi connectivity index (χ3v) is 2.84. The molecule has 3 rings (SSSR count). The van der Waals surface area contributed by atoms with Gasteiger partial charge in [-0.05, 0) is 30.3 Å². The SMILES string of the molecule is Oc1cccc(-c2noc(-c3cccc(Cl)c3)n2)c1. The van der Waals surface area contributed by atoms with Gasteiger partial charge in [0.15, 0.2) is 0 Å². The predicted molar refractivity (Wildman–Crippen MR) is 71.8 cm³/mol. The second-order valence-corrected chi connectivity index (χ2v) is 4.42. The number of aromatic hydroxyl groups is 1. The monoisotopic (exact) mass is 272 g/mol. The lowest BCUT2D eigenvalue weighted by atomic mass is 10.2. The maximum atomic E-state index is 9.43. The van der Waals surface area contributed by atoms with Gasteiger partial charge in [0, 0.05) is 16.1 Å². The molecule has 1 aromatic heterocycles. The molecule has 0 aliphatic rings. The van der Waals surface area contributed by atoms with Crippen LogP contribution in [0.2, 0.25) is 5.02 Å². The van der Waals surface area contributed by atoms with E-state index in [1.54, 1.807) is 36.4 Å². The van der Waals surface area contributed by atoms with Gasteiger partial charge in [0.2, 0.25) is 5.82 Å². The fourth-order valence-corrected chi connectivity index (χ4v) is 1.91. The average molecular weight is 273 g/mol. The Morgan fingerprint density at radius 2 is 1.79 bits per heavy atom. The Morgan fingerprint density at radius 1 is 1.00 bits per heavy atom. The number of benzene rings is 2. The van der Waals surface area contributed by atoms with E-state index in [9.17, 15) is 5.11 Å². The maximum Gasteiger partial charge on any atom is 0.258 e. The molecule has 4 nitrogen and oxygen atoms in total. The summed E-state index contributed by atoms with van der Waals surface area (Å²) in [7, 11) is 0. The molecule has 0 aliphatic carbocycles. The quantitative estimate of drug-likeness (QED) is 0.771. The van der Waals surface area contributed by atoms with Crippen LogP contribution in [0.4, 0.5) is 0 Å². The molecule has 3 aromatic rings. The molecular weight excluding hydrogens is 264 g/mol. The highest BCUT2D eigenvalue weighted by Gasteiger charge is 2.11. The molecule has 0 aliphatic heterocycles. The molecule has 0 unspecified atom stereocenters. The fourth-order valence-electron chi connectivity index (χ4n) is 1.72. The molecule has 0 spiro atoms. The van der Waals surface area contributed by atoms with Gasteiger partial charge >= 0.3 is 0 Å². The summed E-state index contributed by atoms with van der Waals surface area (Å²) in [5, 5.41) is 13.9. The van der Waals surface area contributed by atoms with Crippen LogP contribution in [0.5, 0.6) is 5.75 Å². The Balaban J connectivity index is 2.00. The molecule has 0 fully saturated rings. The van der Waals surface area contributed by atoms with Crippen molar-refractivity contribution >= 4 is 11.6 Å². The molecule has 0 saturated heterocycles. The largest absolute Gasteiger partial charge is 0.508 e. The van der Waals surface area contributed by atoms with E-state index < -0.39 is 0 Å². The lowest BCUT2D eigenvalue weighted by Crippen LogP contribution is -1.81. The van der Waals surface area contributed by atoms with E-state index in [1.807, 2.05) is 12.1 Å². The van der Waals surface area contributed by atoms with Crippen LogP contribution in [0.1, 0.15) is 0 Å². The molecule has 5 heteroatoms. The van der Waals surface area contributed by atoms with E-state index in [1.165, 1.54) is 0 Å². The normalized spacial score (nSPS) is 10.6. The molecule has 19 heavy (non-hydrogen) atoms. The van der Waals surface area contributed by atoms with Crippen LogP contribution in [-0.2, 0) is 0 Å². The van der Waals surface area contributed by atoms with Gasteiger partial charge in [-0.3, -0.25) is 0 Å². The average Bonchev–Trinajstić information content (AvgIpc) is 2.88. The summed E-state index contributed by atoms with van der Waals surface area (Å²) in [4.78, 5) is 4.29. The zero-order chi connectivity index (χ0) is 13.2. The Labute approximate surface area is 114 Å². The molecular formula is C14H9ClN2O2. The van der Waals surface area contributed by atoms with Gasteiger partial charge < -0.3 is 9.63 Å². The molecule has 2 aromatic carbocycles. The number of phenolic OH excluding ortho intramolecular Hbond substituents is 1. The lowest BCUT2D eigenvalue weighted by molar-refractivity contribution is 0.432. The van der Waals surface area contributed by atoms with Crippen molar-refractivity contribution in [1.82, 2.24) is 10.1 Å². The Hall–Kier alpha value is -2.33. The van der Waals surface area contributed by atoms with Gasteiger partial charge in [0.25, 0.3) is 5.89 Å². The van der Waals surface area contributed by atoms with Crippen molar-refractivity contribution in [3.05, 3.63) is 53.6 Å². The van der Waals surface area contributed by atoms with E-state index in [4.69, 9.17) is 16.1 Å². The number of hydrogen-bond acceptors (Lipinski definition) is 4. The number of halogens is 1. The standard InChI is InChI=1S/C14H9ClN2O2/c15-11-5-1-4-10(7-11)14-16-13(17-19-14)9-3-2-6-12(18)8-9/h1-8,18H. The van der Waals surface area contributed by atoms with Crippen LogP contribution in [0.25, 0.3) is 22.8 Å². The van der Waals surface area contributed by atoms with Crippen molar-refractivity contribution in [2.24, 2.45) is 0 Å². The fraction of sp³-hybridized carbons (Fsp3) is 0. The minimum atomic E-state index is 0.159. The molecule has 1 N–H and O–H groups in total. The smallest absolute Gasteiger partial charge is 0.258 e. The van der Waals surface area contributed by atoms with Crippen LogP contribution >= 0.6 is 11.6 Å². The number of rotatable bonds is 2. The van der Waals surface area contributed by atoms with E-state index in [2.05, 4.69) is 10.1 Å². The highest BCUT2D eigenvalue weighted by Crippen LogP contribution is 2.25. The first kappa shape index (κ1) is 11.7. The van der Waals surface area contributed by atoms with Crippen molar-refractivity contribution in [3.8, 4) is 28.6 Å². The first-order valence-corrected chi connectivity index (χ1v) is 5.99. The number of phenols is 1. The molecule has 94 valence electrons. The third kappa shape index (κ3) is 2.44. The highest BCUT2D eigenvalue weighted by atomic mass is 35.5. The first-order valence-electron chi connectivity index (χ1n) is 5.61. The van der Waals surface area contributed by atoms with Crippen LogP contribution in [0, 0.1) is 0 Å². The van der Waals surface area contributed by atoms with Crippen molar-refractivity contribution in [2.45, 2.75) is 0 Å². The Bertz CT molecular complexity index is 665. The summed E-state index contributed by atoms with van der Waals surface area (Å²) in [5.74, 6) is 0.971. The van der Waals surface area contributed by atoms with Crippen LogP contribution < -0.4 is 0 Å². The summed E-state index contributed by atoms with van der Waals surface area (Å²) in [5.41, 5.74) is 1.45. The van der Waals surface area contributed by atoms with Gasteiger partial charge in [0.05, 0.1) is 0 Å². The zero-order valence-corrected chi connectivity index (χ0v) is 10.5. The molecule has 0 saturated carbocycles. The van der Waals surface area contributed by atoms with Gasteiger partial charge in [0.1, 0.15) is 5.75 Å². The van der Waals surface area contributed by atoms with E-state index in [-0.39, 0.29) is 5.75 Å². The van der Waals surface area contributed by atoms with Gasteiger partial charge in [-0.25, -0.2) is 0 Å². The molecule has 0 atom stereocenters. The summed E-state index contributed by atoms with van der Waals surface area (Å²) in [6.45, 7) is 0. The summed E-state index contributed by atoms with van der Waals surface area (Å²) < 4.78 is 5.20. The molecule has 0 amide bonds. The maximum absolute atomic E-state index is 9.43. The van der Waals surface area contributed by atoms with E-state index >= 15 is 0 Å². The van der Waals surface area contributed by atoms with Crippen molar-refractivity contribution in [1.29, 1.82) is 0 Å². The van der Waals surface area contributed by atoms with Gasteiger partial charge in [-0.15, -0.1) is 0 Å². The third-order valence-electron chi connectivity index (χ3n) is 2.60. The topological polar surface area (TPSA) is 59.2 Å². The van der Waals surface area contributed by atoms with Crippen molar-refractivity contribution in [2.75, 3.05) is 0 Å². The van der Waals surface area contributed by atoms with Crippen LogP contribution in [0.3, 0.4) is 0 Å². The zero-order valence-electron chi connectivity index (χ0n) is 9.75. The predicted octanol–water partition coefficient (Wildman–Crippen LogP) is 3.76.